The van der Waals surface area contributed by atoms with Crippen LogP contribution in [-0.2, 0) is 9.53 Å². The van der Waals surface area contributed by atoms with Gasteiger partial charge >= 0.3 is 5.97 Å². The summed E-state index contributed by atoms with van der Waals surface area (Å²) in [5, 5.41) is 3.05. The molecule has 4 heteroatoms. The first-order valence-electron chi connectivity index (χ1n) is 8.73. The number of benzene rings is 2. The van der Waals surface area contributed by atoms with Crippen molar-refractivity contribution in [1.29, 1.82) is 0 Å². The molecule has 0 bridgehead atoms. The zero-order chi connectivity index (χ0) is 17.8. The third-order valence-corrected chi connectivity index (χ3v) is 4.69. The van der Waals surface area contributed by atoms with E-state index in [-0.39, 0.29) is 23.8 Å². The van der Waals surface area contributed by atoms with Crippen molar-refractivity contribution >= 4 is 11.9 Å². The zero-order valence-electron chi connectivity index (χ0n) is 14.6. The number of amides is 1. The summed E-state index contributed by atoms with van der Waals surface area (Å²) in [6, 6.07) is 16.0. The fraction of sp³-hybridized carbons (Fsp3) is 0.333. The molecule has 0 saturated heterocycles. The van der Waals surface area contributed by atoms with Crippen LogP contribution in [0.3, 0.4) is 0 Å². The summed E-state index contributed by atoms with van der Waals surface area (Å²) in [5.41, 5.74) is 4.19. The molecule has 0 radical (unpaired) electrons. The van der Waals surface area contributed by atoms with Crippen molar-refractivity contribution in [3.8, 4) is 0 Å². The first-order valence-corrected chi connectivity index (χ1v) is 8.73. The maximum Gasteiger partial charge on any atom is 0.338 e. The van der Waals surface area contributed by atoms with Crippen LogP contribution in [0.1, 0.15) is 65.7 Å². The van der Waals surface area contributed by atoms with E-state index in [4.69, 9.17) is 4.74 Å². The average molecular weight is 337 g/mol. The van der Waals surface area contributed by atoms with Gasteiger partial charge in [-0.15, -0.1) is 0 Å². The summed E-state index contributed by atoms with van der Waals surface area (Å²) in [5.74, 6) is -0.0155. The lowest BCUT2D eigenvalue weighted by atomic mass is 9.76. The Morgan fingerprint density at radius 2 is 1.72 bits per heavy atom. The molecule has 1 N–H and O–H groups in total. The Kier molecular flexibility index (Phi) is 5.17. The molecule has 1 aliphatic rings. The molecule has 2 aromatic carbocycles. The highest BCUT2D eigenvalue weighted by Crippen LogP contribution is 2.41. The predicted octanol–water partition coefficient (Wildman–Crippen LogP) is 3.97. The quantitative estimate of drug-likeness (QED) is 0.859. The SMILES string of the molecule is CCOC(=O)c1ccc(C2CCC(NC(C)=O)c3ccccc32)cc1. The van der Waals surface area contributed by atoms with Crippen LogP contribution in [0.25, 0.3) is 0 Å². The number of fused-ring (bicyclic) bond motifs is 1. The zero-order valence-corrected chi connectivity index (χ0v) is 14.6. The smallest absolute Gasteiger partial charge is 0.338 e. The molecule has 3 rings (SSSR count). The van der Waals surface area contributed by atoms with Crippen LogP contribution < -0.4 is 5.32 Å². The molecular formula is C21H23NO3. The maximum atomic E-state index is 11.8. The second kappa shape index (κ2) is 7.51. The van der Waals surface area contributed by atoms with Crippen LogP contribution in [0.2, 0.25) is 0 Å². The number of carbonyl (C=O) groups is 2. The van der Waals surface area contributed by atoms with Gasteiger partial charge in [0, 0.05) is 12.8 Å². The minimum absolute atomic E-state index is 0.00274. The molecule has 4 nitrogen and oxygen atoms in total. The number of ether oxygens (including phenoxy) is 1. The highest BCUT2D eigenvalue weighted by molar-refractivity contribution is 5.89. The summed E-state index contributed by atoms with van der Waals surface area (Å²) >= 11 is 0. The summed E-state index contributed by atoms with van der Waals surface area (Å²) in [6.45, 7) is 3.74. The van der Waals surface area contributed by atoms with Crippen LogP contribution in [0.5, 0.6) is 0 Å². The van der Waals surface area contributed by atoms with E-state index in [2.05, 4.69) is 17.4 Å². The lowest BCUT2D eigenvalue weighted by molar-refractivity contribution is -0.119. The molecule has 0 spiro atoms. The molecule has 25 heavy (non-hydrogen) atoms. The molecule has 0 aliphatic heterocycles. The highest BCUT2D eigenvalue weighted by atomic mass is 16.5. The van der Waals surface area contributed by atoms with Gasteiger partial charge in [-0.3, -0.25) is 4.79 Å². The molecule has 1 aliphatic carbocycles. The minimum atomic E-state index is -0.288. The van der Waals surface area contributed by atoms with Gasteiger partial charge < -0.3 is 10.1 Å². The molecule has 0 fully saturated rings. The predicted molar refractivity (Wildman–Crippen MR) is 96.5 cm³/mol. The molecular weight excluding hydrogens is 314 g/mol. The maximum absolute atomic E-state index is 11.8. The topological polar surface area (TPSA) is 55.4 Å². The van der Waals surface area contributed by atoms with E-state index in [1.807, 2.05) is 36.4 Å². The van der Waals surface area contributed by atoms with Crippen LogP contribution in [0, 0.1) is 0 Å². The van der Waals surface area contributed by atoms with Crippen LogP contribution in [-0.4, -0.2) is 18.5 Å². The normalized spacial score (nSPS) is 19.0. The van der Waals surface area contributed by atoms with E-state index in [1.165, 1.54) is 16.7 Å². The van der Waals surface area contributed by atoms with Crippen molar-refractivity contribution in [3.05, 3.63) is 70.8 Å². The van der Waals surface area contributed by atoms with Crippen molar-refractivity contribution < 1.29 is 14.3 Å². The van der Waals surface area contributed by atoms with Crippen LogP contribution >= 0.6 is 0 Å². The Morgan fingerprint density at radius 3 is 2.36 bits per heavy atom. The van der Waals surface area contributed by atoms with Crippen LogP contribution in [0.4, 0.5) is 0 Å². The van der Waals surface area contributed by atoms with Gasteiger partial charge in [0.25, 0.3) is 0 Å². The number of carbonyl (C=O) groups excluding carboxylic acids is 2. The van der Waals surface area contributed by atoms with Crippen molar-refractivity contribution in [1.82, 2.24) is 5.32 Å². The van der Waals surface area contributed by atoms with Gasteiger partial charge in [-0.1, -0.05) is 36.4 Å². The van der Waals surface area contributed by atoms with E-state index in [0.717, 1.165) is 12.8 Å². The van der Waals surface area contributed by atoms with Crippen molar-refractivity contribution in [2.24, 2.45) is 0 Å². The van der Waals surface area contributed by atoms with E-state index in [1.54, 1.807) is 13.8 Å². The lowest BCUT2D eigenvalue weighted by Gasteiger charge is -2.32. The standard InChI is InChI=1S/C21H23NO3/c1-3-25-21(24)16-10-8-15(9-11-16)17-12-13-20(22-14(2)23)19-7-5-4-6-18(17)19/h4-11,17,20H,3,12-13H2,1-2H3,(H,22,23). The number of hydrogen-bond acceptors (Lipinski definition) is 3. The Labute approximate surface area is 148 Å². The summed E-state index contributed by atoms with van der Waals surface area (Å²) in [4.78, 5) is 23.3. The van der Waals surface area contributed by atoms with Crippen molar-refractivity contribution in [2.75, 3.05) is 6.61 Å². The van der Waals surface area contributed by atoms with Crippen molar-refractivity contribution in [2.45, 2.75) is 38.6 Å². The Morgan fingerprint density at radius 1 is 1.04 bits per heavy atom. The Balaban J connectivity index is 1.88. The summed E-state index contributed by atoms with van der Waals surface area (Å²) in [7, 11) is 0. The largest absolute Gasteiger partial charge is 0.462 e. The van der Waals surface area contributed by atoms with Gasteiger partial charge in [0.2, 0.25) is 5.91 Å². The number of rotatable bonds is 4. The van der Waals surface area contributed by atoms with Gasteiger partial charge in [-0.2, -0.15) is 0 Å². The molecule has 2 unspecified atom stereocenters. The fourth-order valence-electron chi connectivity index (χ4n) is 3.60. The van der Waals surface area contributed by atoms with E-state index < -0.39 is 0 Å². The molecule has 2 atom stereocenters. The van der Waals surface area contributed by atoms with Gasteiger partial charge in [-0.25, -0.2) is 4.79 Å². The van der Waals surface area contributed by atoms with Crippen LogP contribution in [0.15, 0.2) is 48.5 Å². The van der Waals surface area contributed by atoms with Gasteiger partial charge in [0.15, 0.2) is 0 Å². The second-order valence-corrected chi connectivity index (χ2v) is 6.35. The highest BCUT2D eigenvalue weighted by Gasteiger charge is 2.28. The fourth-order valence-corrected chi connectivity index (χ4v) is 3.60. The second-order valence-electron chi connectivity index (χ2n) is 6.35. The summed E-state index contributed by atoms with van der Waals surface area (Å²) < 4.78 is 5.04. The average Bonchev–Trinajstić information content (AvgIpc) is 2.62. The first-order chi connectivity index (χ1) is 12.1. The van der Waals surface area contributed by atoms with Crippen molar-refractivity contribution in [3.63, 3.8) is 0 Å². The molecule has 1 amide bonds. The van der Waals surface area contributed by atoms with Gasteiger partial charge in [-0.05, 0) is 48.6 Å². The Bertz CT molecular complexity index is 767. The number of nitrogens with one attached hydrogen (secondary N) is 1. The monoisotopic (exact) mass is 337 g/mol. The first kappa shape index (κ1) is 17.2. The molecule has 2 aromatic rings. The number of esters is 1. The lowest BCUT2D eigenvalue weighted by Crippen LogP contribution is -2.30. The number of hydrogen-bond donors (Lipinski definition) is 1. The molecule has 0 heterocycles. The van der Waals surface area contributed by atoms with E-state index in [9.17, 15) is 9.59 Å². The van der Waals surface area contributed by atoms with Gasteiger partial charge in [0.05, 0.1) is 18.2 Å². The minimum Gasteiger partial charge on any atom is -0.462 e. The molecule has 130 valence electrons. The summed E-state index contributed by atoms with van der Waals surface area (Å²) in [6.07, 6.45) is 1.86. The Hall–Kier alpha value is -2.62. The van der Waals surface area contributed by atoms with Gasteiger partial charge in [0.1, 0.15) is 0 Å². The molecule has 0 aromatic heterocycles. The van der Waals surface area contributed by atoms with E-state index in [0.29, 0.717) is 12.2 Å². The van der Waals surface area contributed by atoms with E-state index >= 15 is 0 Å². The third kappa shape index (κ3) is 3.73. The molecule has 0 saturated carbocycles. The third-order valence-electron chi connectivity index (χ3n) is 4.69.